The molecule has 2 N–H and O–H groups in total. The van der Waals surface area contributed by atoms with E-state index in [1.807, 2.05) is 25.1 Å². The van der Waals surface area contributed by atoms with Crippen LogP contribution < -0.4 is 10.5 Å². The van der Waals surface area contributed by atoms with Gasteiger partial charge in [0, 0.05) is 11.4 Å². The van der Waals surface area contributed by atoms with E-state index in [1.54, 1.807) is 7.11 Å². The number of fused-ring (bicyclic) bond motifs is 1. The number of halogens is 1. The minimum Gasteiger partial charge on any atom is -0.496 e. The molecule has 0 saturated heterocycles. The smallest absolute Gasteiger partial charge is 0.126 e. The molecule has 0 saturated carbocycles. The van der Waals surface area contributed by atoms with Crippen molar-refractivity contribution in [2.45, 2.75) is 19.4 Å². The molecule has 0 aliphatic carbocycles. The molecule has 19 heavy (non-hydrogen) atoms. The summed E-state index contributed by atoms with van der Waals surface area (Å²) >= 11 is 0. The fourth-order valence-corrected chi connectivity index (χ4v) is 2.28. The van der Waals surface area contributed by atoms with Gasteiger partial charge in [-0.3, -0.25) is 0 Å². The highest BCUT2D eigenvalue weighted by Crippen LogP contribution is 2.32. The predicted octanol–water partition coefficient (Wildman–Crippen LogP) is 4.24. The van der Waals surface area contributed by atoms with Crippen LogP contribution in [0.5, 0.6) is 5.75 Å². The van der Waals surface area contributed by atoms with E-state index in [4.69, 9.17) is 10.5 Å². The molecule has 0 amide bonds. The van der Waals surface area contributed by atoms with Crippen molar-refractivity contribution in [2.75, 3.05) is 7.11 Å². The highest BCUT2D eigenvalue weighted by molar-refractivity contribution is 5.91. The molecule has 2 aromatic rings. The first-order valence-corrected chi connectivity index (χ1v) is 6.09. The molecule has 0 heterocycles. The van der Waals surface area contributed by atoms with Gasteiger partial charge in [-0.05, 0) is 30.4 Å². The summed E-state index contributed by atoms with van der Waals surface area (Å²) in [4.78, 5) is 0. The minimum atomic E-state index is -0.0155. The molecule has 0 radical (unpaired) electrons. The maximum atomic E-state index is 6.25. The number of hydrogen-bond acceptors (Lipinski definition) is 2. The summed E-state index contributed by atoms with van der Waals surface area (Å²) in [6.07, 6.45) is 0.802. The molecule has 3 heteroatoms. The number of rotatable bonds is 4. The molecule has 2 nitrogen and oxygen atoms in total. The van der Waals surface area contributed by atoms with Gasteiger partial charge in [-0.1, -0.05) is 35.9 Å². The number of methoxy groups -OCH3 is 1. The molecular weight excluding hydrogens is 258 g/mol. The van der Waals surface area contributed by atoms with Crippen LogP contribution in [0.15, 0.2) is 48.6 Å². The summed E-state index contributed by atoms with van der Waals surface area (Å²) in [6, 6.07) is 12.2. The Kier molecular flexibility index (Phi) is 5.40. The van der Waals surface area contributed by atoms with Gasteiger partial charge in [0.15, 0.2) is 0 Å². The maximum absolute atomic E-state index is 6.25. The lowest BCUT2D eigenvalue weighted by molar-refractivity contribution is 0.419. The second-order valence-corrected chi connectivity index (χ2v) is 4.67. The van der Waals surface area contributed by atoms with Crippen LogP contribution in [-0.4, -0.2) is 7.11 Å². The quantitative estimate of drug-likeness (QED) is 0.849. The molecule has 2 aromatic carbocycles. The Morgan fingerprint density at radius 1 is 1.21 bits per heavy atom. The minimum absolute atomic E-state index is 0. The zero-order chi connectivity index (χ0) is 13.1. The Morgan fingerprint density at radius 3 is 2.42 bits per heavy atom. The second kappa shape index (κ2) is 6.60. The van der Waals surface area contributed by atoms with Gasteiger partial charge in [0.2, 0.25) is 0 Å². The Morgan fingerprint density at radius 2 is 1.84 bits per heavy atom. The van der Waals surface area contributed by atoms with E-state index in [9.17, 15) is 0 Å². The van der Waals surface area contributed by atoms with Crippen LogP contribution in [0.1, 0.15) is 24.9 Å². The third kappa shape index (κ3) is 3.28. The van der Waals surface area contributed by atoms with E-state index in [-0.39, 0.29) is 18.4 Å². The van der Waals surface area contributed by atoms with E-state index in [0.717, 1.165) is 34.1 Å². The van der Waals surface area contributed by atoms with Crippen LogP contribution in [-0.2, 0) is 0 Å². The Labute approximate surface area is 120 Å². The van der Waals surface area contributed by atoms with Crippen molar-refractivity contribution < 1.29 is 4.74 Å². The monoisotopic (exact) mass is 277 g/mol. The number of ether oxygens (including phenoxy) is 1. The Hall–Kier alpha value is -1.51. The average molecular weight is 278 g/mol. The highest BCUT2D eigenvalue weighted by Gasteiger charge is 2.12. The molecule has 0 fully saturated rings. The lowest BCUT2D eigenvalue weighted by atomic mass is 9.95. The Bertz CT molecular complexity index is 580. The van der Waals surface area contributed by atoms with Crippen LogP contribution in [0.3, 0.4) is 0 Å². The van der Waals surface area contributed by atoms with E-state index >= 15 is 0 Å². The zero-order valence-electron chi connectivity index (χ0n) is 11.3. The molecule has 0 bridgehead atoms. The third-order valence-corrected chi connectivity index (χ3v) is 3.11. The van der Waals surface area contributed by atoms with Gasteiger partial charge in [0.25, 0.3) is 0 Å². The SMILES string of the molecule is C=C(C)C[C@@H](N)c1ccc(OC)c2ccccc12.Cl. The average Bonchev–Trinajstić information content (AvgIpc) is 2.36. The number of benzene rings is 2. The first-order chi connectivity index (χ1) is 8.63. The van der Waals surface area contributed by atoms with Crippen molar-refractivity contribution in [1.29, 1.82) is 0 Å². The highest BCUT2D eigenvalue weighted by atomic mass is 35.5. The summed E-state index contributed by atoms with van der Waals surface area (Å²) in [5.74, 6) is 0.886. The van der Waals surface area contributed by atoms with Crippen LogP contribution in [0, 0.1) is 0 Å². The van der Waals surface area contributed by atoms with E-state index in [0.29, 0.717) is 0 Å². The van der Waals surface area contributed by atoms with Gasteiger partial charge in [-0.15, -0.1) is 19.0 Å². The van der Waals surface area contributed by atoms with Crippen molar-refractivity contribution >= 4 is 23.2 Å². The van der Waals surface area contributed by atoms with E-state index in [2.05, 4.69) is 24.8 Å². The summed E-state index contributed by atoms with van der Waals surface area (Å²) in [7, 11) is 1.69. The maximum Gasteiger partial charge on any atom is 0.126 e. The van der Waals surface area contributed by atoms with Gasteiger partial charge >= 0.3 is 0 Å². The van der Waals surface area contributed by atoms with Crippen molar-refractivity contribution in [3.05, 3.63) is 54.1 Å². The third-order valence-electron chi connectivity index (χ3n) is 3.11. The summed E-state index contributed by atoms with van der Waals surface area (Å²) < 4.78 is 5.38. The van der Waals surface area contributed by atoms with Crippen molar-refractivity contribution in [1.82, 2.24) is 0 Å². The Balaban J connectivity index is 0.00000180. The fraction of sp³-hybridized carbons (Fsp3) is 0.250. The number of hydrogen-bond donors (Lipinski definition) is 1. The van der Waals surface area contributed by atoms with Gasteiger partial charge in [-0.2, -0.15) is 0 Å². The normalized spacial score (nSPS) is 11.7. The van der Waals surface area contributed by atoms with Crippen LogP contribution >= 0.6 is 12.4 Å². The van der Waals surface area contributed by atoms with Crippen LogP contribution in [0.4, 0.5) is 0 Å². The number of nitrogens with two attached hydrogens (primary N) is 1. The molecule has 0 aromatic heterocycles. The van der Waals surface area contributed by atoms with Crippen LogP contribution in [0.25, 0.3) is 10.8 Å². The largest absolute Gasteiger partial charge is 0.496 e. The lowest BCUT2D eigenvalue weighted by Gasteiger charge is -2.16. The van der Waals surface area contributed by atoms with Gasteiger partial charge in [0.1, 0.15) is 5.75 Å². The molecule has 0 unspecified atom stereocenters. The van der Waals surface area contributed by atoms with Gasteiger partial charge < -0.3 is 10.5 Å². The topological polar surface area (TPSA) is 35.2 Å². The summed E-state index contributed by atoms with van der Waals surface area (Å²) in [5.41, 5.74) is 8.50. The predicted molar refractivity (Wildman–Crippen MR) is 84.1 cm³/mol. The fourth-order valence-electron chi connectivity index (χ4n) is 2.28. The van der Waals surface area contributed by atoms with Crippen molar-refractivity contribution in [3.63, 3.8) is 0 Å². The van der Waals surface area contributed by atoms with E-state index < -0.39 is 0 Å². The molecular formula is C16H20ClNO. The standard InChI is InChI=1S/C16H19NO.ClH/c1-11(2)10-15(17)13-8-9-16(18-3)14-7-5-4-6-12(13)14;/h4-9,15H,1,10,17H2,2-3H3;1H/t15-;/m1./s1. The zero-order valence-corrected chi connectivity index (χ0v) is 12.2. The summed E-state index contributed by atoms with van der Waals surface area (Å²) in [6.45, 7) is 5.94. The van der Waals surface area contributed by atoms with Gasteiger partial charge in [-0.25, -0.2) is 0 Å². The van der Waals surface area contributed by atoms with Gasteiger partial charge in [0.05, 0.1) is 7.11 Å². The van der Waals surface area contributed by atoms with Crippen LogP contribution in [0.2, 0.25) is 0 Å². The summed E-state index contributed by atoms with van der Waals surface area (Å²) in [5, 5.41) is 2.26. The van der Waals surface area contributed by atoms with E-state index in [1.165, 1.54) is 0 Å². The first-order valence-electron chi connectivity index (χ1n) is 6.09. The second-order valence-electron chi connectivity index (χ2n) is 4.67. The molecule has 1 atom stereocenters. The molecule has 2 rings (SSSR count). The molecule has 102 valence electrons. The van der Waals surface area contributed by atoms with Crippen molar-refractivity contribution in [2.24, 2.45) is 5.73 Å². The molecule has 0 aliphatic heterocycles. The van der Waals surface area contributed by atoms with Crippen molar-refractivity contribution in [3.8, 4) is 5.75 Å². The first kappa shape index (κ1) is 15.5. The lowest BCUT2D eigenvalue weighted by Crippen LogP contribution is -2.11. The molecule has 0 aliphatic rings. The molecule has 0 spiro atoms.